The van der Waals surface area contributed by atoms with Crippen LogP contribution in [-0.4, -0.2) is 46.7 Å². The highest BCUT2D eigenvalue weighted by atomic mass is 16.4. The molecule has 1 aromatic rings. The Morgan fingerprint density at radius 2 is 1.90 bits per heavy atom. The molecule has 0 radical (unpaired) electrons. The van der Waals surface area contributed by atoms with Gasteiger partial charge >= 0.3 is 5.97 Å². The number of carboxylic acid groups (broad SMARTS) is 1. The van der Waals surface area contributed by atoms with E-state index < -0.39 is 11.9 Å². The number of aliphatic carboxylic acids is 1. The number of benzene rings is 1. The lowest BCUT2D eigenvalue weighted by molar-refractivity contribution is -0.143. The molecule has 1 amide bonds. The Bertz CT molecular complexity index is 447. The van der Waals surface area contributed by atoms with Gasteiger partial charge in [0.2, 0.25) is 5.91 Å². The van der Waals surface area contributed by atoms with Crippen molar-refractivity contribution in [3.05, 3.63) is 35.9 Å². The third kappa shape index (κ3) is 6.40. The molecule has 116 valence electrons. The fraction of sp³-hybridized carbons (Fsp3) is 0.500. The molecular weight excluding hydrogens is 270 g/mol. The number of carbonyl (C=O) groups excluding carboxylic acids is 1. The average Bonchev–Trinajstić information content (AvgIpc) is 2.49. The molecule has 5 heteroatoms. The van der Waals surface area contributed by atoms with Crippen molar-refractivity contribution < 1.29 is 19.8 Å². The first-order valence-corrected chi connectivity index (χ1v) is 7.20. The molecule has 0 saturated carbocycles. The maximum Gasteiger partial charge on any atom is 0.308 e. The zero-order chi connectivity index (χ0) is 15.7. The average molecular weight is 293 g/mol. The summed E-state index contributed by atoms with van der Waals surface area (Å²) in [5, 5.41) is 17.9. The van der Waals surface area contributed by atoms with Crippen LogP contribution in [0.25, 0.3) is 0 Å². The number of aryl methyl sites for hydroxylation is 1. The highest BCUT2D eigenvalue weighted by Crippen LogP contribution is 2.08. The largest absolute Gasteiger partial charge is 0.481 e. The van der Waals surface area contributed by atoms with E-state index in [-0.39, 0.29) is 19.1 Å². The second-order valence-electron chi connectivity index (χ2n) is 5.14. The number of aliphatic hydroxyl groups excluding tert-OH is 1. The molecular formula is C16H23NO4. The minimum absolute atomic E-state index is 0.0100. The first-order valence-electron chi connectivity index (χ1n) is 7.20. The van der Waals surface area contributed by atoms with Gasteiger partial charge in [0.1, 0.15) is 0 Å². The van der Waals surface area contributed by atoms with Crippen LogP contribution in [0.5, 0.6) is 0 Å². The summed E-state index contributed by atoms with van der Waals surface area (Å²) >= 11 is 0. The summed E-state index contributed by atoms with van der Waals surface area (Å²) in [5.74, 6) is -1.59. The number of hydrogen-bond donors (Lipinski definition) is 2. The second-order valence-corrected chi connectivity index (χ2v) is 5.14. The van der Waals surface area contributed by atoms with Crippen molar-refractivity contribution in [3.8, 4) is 0 Å². The molecule has 0 aliphatic heterocycles. The van der Waals surface area contributed by atoms with E-state index in [4.69, 9.17) is 10.2 Å². The van der Waals surface area contributed by atoms with Crippen LogP contribution in [0.3, 0.4) is 0 Å². The van der Waals surface area contributed by atoms with Crippen molar-refractivity contribution in [2.75, 3.05) is 19.7 Å². The molecule has 0 heterocycles. The molecule has 5 nitrogen and oxygen atoms in total. The smallest absolute Gasteiger partial charge is 0.308 e. The van der Waals surface area contributed by atoms with Crippen LogP contribution >= 0.6 is 0 Å². The molecule has 1 aromatic carbocycles. The minimum atomic E-state index is -0.917. The summed E-state index contributed by atoms with van der Waals surface area (Å²) in [6, 6.07) is 9.70. The molecule has 0 spiro atoms. The van der Waals surface area contributed by atoms with Crippen molar-refractivity contribution >= 4 is 11.9 Å². The zero-order valence-corrected chi connectivity index (χ0v) is 12.4. The second kappa shape index (κ2) is 9.13. The molecule has 0 aromatic heterocycles. The standard InChI is InChI=1S/C16H23NO4/c1-13(16(20)21)12-17(10-5-11-18)15(19)9-8-14-6-3-2-4-7-14/h2-4,6-7,13,18H,5,8-12H2,1H3,(H,20,21). The molecule has 0 saturated heterocycles. The number of hydrogen-bond acceptors (Lipinski definition) is 3. The number of amides is 1. The maximum atomic E-state index is 12.2. The van der Waals surface area contributed by atoms with Gasteiger partial charge in [0, 0.05) is 26.1 Å². The molecule has 1 atom stereocenters. The summed E-state index contributed by atoms with van der Waals surface area (Å²) in [4.78, 5) is 24.7. The van der Waals surface area contributed by atoms with Crippen LogP contribution in [0.4, 0.5) is 0 Å². The Balaban J connectivity index is 2.55. The summed E-state index contributed by atoms with van der Waals surface area (Å²) < 4.78 is 0. The van der Waals surface area contributed by atoms with E-state index in [1.165, 1.54) is 4.90 Å². The van der Waals surface area contributed by atoms with E-state index in [1.54, 1.807) is 6.92 Å². The van der Waals surface area contributed by atoms with Gasteiger partial charge in [-0.05, 0) is 18.4 Å². The monoisotopic (exact) mass is 293 g/mol. The van der Waals surface area contributed by atoms with E-state index in [1.807, 2.05) is 30.3 Å². The molecule has 1 unspecified atom stereocenters. The molecule has 0 aliphatic rings. The molecule has 1 rings (SSSR count). The summed E-state index contributed by atoms with van der Waals surface area (Å²) in [7, 11) is 0. The van der Waals surface area contributed by atoms with Crippen LogP contribution in [-0.2, 0) is 16.0 Å². The normalized spacial score (nSPS) is 11.9. The molecule has 0 fully saturated rings. The van der Waals surface area contributed by atoms with E-state index in [0.29, 0.717) is 25.8 Å². The van der Waals surface area contributed by atoms with Crippen LogP contribution in [0.2, 0.25) is 0 Å². The first-order chi connectivity index (χ1) is 10.0. The lowest BCUT2D eigenvalue weighted by atomic mass is 10.1. The van der Waals surface area contributed by atoms with Crippen molar-refractivity contribution in [2.45, 2.75) is 26.2 Å². The predicted octanol–water partition coefficient (Wildman–Crippen LogP) is 1.55. The highest BCUT2D eigenvalue weighted by molar-refractivity contribution is 5.77. The third-order valence-corrected chi connectivity index (χ3v) is 3.33. The summed E-state index contributed by atoms with van der Waals surface area (Å²) in [6.45, 7) is 2.15. The lowest BCUT2D eigenvalue weighted by Gasteiger charge is -2.24. The topological polar surface area (TPSA) is 77.8 Å². The number of rotatable bonds is 9. The number of aliphatic hydroxyl groups is 1. The fourth-order valence-corrected chi connectivity index (χ4v) is 2.04. The molecule has 2 N–H and O–H groups in total. The van der Waals surface area contributed by atoms with Crippen molar-refractivity contribution in [3.63, 3.8) is 0 Å². The third-order valence-electron chi connectivity index (χ3n) is 3.33. The predicted molar refractivity (Wildman–Crippen MR) is 79.8 cm³/mol. The van der Waals surface area contributed by atoms with Gasteiger partial charge in [-0.3, -0.25) is 9.59 Å². The van der Waals surface area contributed by atoms with Crippen LogP contribution in [0.15, 0.2) is 30.3 Å². The quantitative estimate of drug-likeness (QED) is 0.724. The Kier molecular flexibility index (Phi) is 7.46. The van der Waals surface area contributed by atoms with Gasteiger partial charge in [-0.25, -0.2) is 0 Å². The number of nitrogens with zero attached hydrogens (tertiary/aromatic N) is 1. The van der Waals surface area contributed by atoms with Gasteiger partial charge in [0.15, 0.2) is 0 Å². The minimum Gasteiger partial charge on any atom is -0.481 e. The van der Waals surface area contributed by atoms with Gasteiger partial charge in [0.25, 0.3) is 0 Å². The van der Waals surface area contributed by atoms with Crippen LogP contribution in [0.1, 0.15) is 25.3 Å². The summed E-state index contributed by atoms with van der Waals surface area (Å²) in [6.07, 6.45) is 1.45. The highest BCUT2D eigenvalue weighted by Gasteiger charge is 2.19. The van der Waals surface area contributed by atoms with E-state index in [0.717, 1.165) is 5.56 Å². The van der Waals surface area contributed by atoms with Crippen LogP contribution < -0.4 is 0 Å². The Morgan fingerprint density at radius 3 is 2.48 bits per heavy atom. The fourth-order valence-electron chi connectivity index (χ4n) is 2.04. The van der Waals surface area contributed by atoms with E-state index >= 15 is 0 Å². The van der Waals surface area contributed by atoms with Gasteiger partial charge in [-0.2, -0.15) is 0 Å². The van der Waals surface area contributed by atoms with Crippen LogP contribution in [0, 0.1) is 5.92 Å². The van der Waals surface area contributed by atoms with Crippen molar-refractivity contribution in [1.82, 2.24) is 4.90 Å². The molecule has 0 aliphatic carbocycles. The zero-order valence-electron chi connectivity index (χ0n) is 12.4. The maximum absolute atomic E-state index is 12.2. The van der Waals surface area contributed by atoms with E-state index in [2.05, 4.69) is 0 Å². The van der Waals surface area contributed by atoms with Gasteiger partial charge in [-0.1, -0.05) is 37.3 Å². The van der Waals surface area contributed by atoms with Gasteiger partial charge < -0.3 is 15.1 Å². The first kappa shape index (κ1) is 17.2. The SMILES string of the molecule is CC(CN(CCCO)C(=O)CCc1ccccc1)C(=O)O. The number of carboxylic acids is 1. The van der Waals surface area contributed by atoms with Crippen molar-refractivity contribution in [2.24, 2.45) is 5.92 Å². The van der Waals surface area contributed by atoms with Gasteiger partial charge in [0.05, 0.1) is 5.92 Å². The molecule has 0 bridgehead atoms. The summed E-state index contributed by atoms with van der Waals surface area (Å²) in [5.41, 5.74) is 1.08. The Labute approximate surface area is 125 Å². The molecule has 21 heavy (non-hydrogen) atoms. The number of carbonyl (C=O) groups is 2. The lowest BCUT2D eigenvalue weighted by Crippen LogP contribution is -2.38. The van der Waals surface area contributed by atoms with E-state index in [9.17, 15) is 9.59 Å². The van der Waals surface area contributed by atoms with Crippen molar-refractivity contribution in [1.29, 1.82) is 0 Å². The Hall–Kier alpha value is -1.88. The Morgan fingerprint density at radius 1 is 1.24 bits per heavy atom. The van der Waals surface area contributed by atoms with Gasteiger partial charge in [-0.15, -0.1) is 0 Å².